The van der Waals surface area contributed by atoms with E-state index in [1.54, 1.807) is 43.5 Å². The number of likely N-dealkylation sites (tertiary alicyclic amines) is 1. The number of rotatable bonds is 8. The summed E-state index contributed by atoms with van der Waals surface area (Å²) in [5.74, 6) is -0.207. The number of Topliss-reactive ketones (excluding diaryl/α,β-unsaturated/α-hetero) is 1. The molecule has 1 fully saturated rings. The Hall–Kier alpha value is -3.97. The molecule has 1 heterocycles. The molecule has 1 saturated heterocycles. The molecule has 3 aromatic carbocycles. The maximum Gasteiger partial charge on any atom is 0.295 e. The molecule has 186 valence electrons. The number of hydrogen-bond acceptors (Lipinski definition) is 6. The van der Waals surface area contributed by atoms with Gasteiger partial charge in [-0.05, 0) is 60.5 Å². The monoisotopic (exact) mass is 507 g/mol. The Morgan fingerprint density at radius 3 is 2.22 bits per heavy atom. The van der Waals surface area contributed by atoms with Crippen molar-refractivity contribution in [3.8, 4) is 17.2 Å². The summed E-state index contributed by atoms with van der Waals surface area (Å²) in [7, 11) is 3.00. The number of halogens is 1. The molecule has 36 heavy (non-hydrogen) atoms. The standard InChI is InChI=1S/C28H26ClNO6/c1-4-36-21-10-5-17(6-11-21)16-30-25(18-7-12-20(34-2)13-8-18)24(27(32)28(30)33)26(31)22-15-19(29)9-14-23(22)35-3/h5-15,25,31H,4,16H2,1-3H3/b26-24+. The number of methoxy groups -OCH3 is 2. The van der Waals surface area contributed by atoms with E-state index in [9.17, 15) is 14.7 Å². The molecule has 8 heteroatoms. The Morgan fingerprint density at radius 2 is 1.61 bits per heavy atom. The van der Waals surface area contributed by atoms with E-state index in [0.29, 0.717) is 34.4 Å². The average Bonchev–Trinajstić information content (AvgIpc) is 3.14. The van der Waals surface area contributed by atoms with Crippen LogP contribution in [0.5, 0.6) is 17.2 Å². The van der Waals surface area contributed by atoms with Crippen LogP contribution in [-0.4, -0.2) is 42.5 Å². The summed E-state index contributed by atoms with van der Waals surface area (Å²) in [5, 5.41) is 11.7. The van der Waals surface area contributed by atoms with Crippen LogP contribution in [0.4, 0.5) is 0 Å². The number of aliphatic hydroxyl groups is 1. The Labute approximate surface area is 214 Å². The fourth-order valence-corrected chi connectivity index (χ4v) is 4.41. The molecule has 1 unspecified atom stereocenters. The lowest BCUT2D eigenvalue weighted by Crippen LogP contribution is -2.29. The Bertz CT molecular complexity index is 1300. The van der Waals surface area contributed by atoms with Crippen molar-refractivity contribution in [3.63, 3.8) is 0 Å². The number of benzene rings is 3. The van der Waals surface area contributed by atoms with Gasteiger partial charge in [-0.3, -0.25) is 9.59 Å². The molecule has 0 saturated carbocycles. The summed E-state index contributed by atoms with van der Waals surface area (Å²) in [4.78, 5) is 28.0. The van der Waals surface area contributed by atoms with E-state index in [2.05, 4.69) is 0 Å². The van der Waals surface area contributed by atoms with E-state index in [-0.39, 0.29) is 23.4 Å². The van der Waals surface area contributed by atoms with Crippen LogP contribution in [0, 0.1) is 0 Å². The van der Waals surface area contributed by atoms with Gasteiger partial charge in [-0.1, -0.05) is 35.9 Å². The molecule has 7 nitrogen and oxygen atoms in total. The Balaban J connectivity index is 1.84. The highest BCUT2D eigenvalue weighted by molar-refractivity contribution is 6.46. The van der Waals surface area contributed by atoms with E-state index in [0.717, 1.165) is 5.56 Å². The van der Waals surface area contributed by atoms with Crippen molar-refractivity contribution < 1.29 is 28.9 Å². The predicted octanol–water partition coefficient (Wildman–Crippen LogP) is 5.38. The van der Waals surface area contributed by atoms with Gasteiger partial charge >= 0.3 is 0 Å². The fraction of sp³-hybridized carbons (Fsp3) is 0.214. The first-order chi connectivity index (χ1) is 17.4. The molecule has 0 bridgehead atoms. The van der Waals surface area contributed by atoms with Crippen LogP contribution in [0.1, 0.15) is 29.7 Å². The lowest BCUT2D eigenvalue weighted by molar-refractivity contribution is -0.140. The lowest BCUT2D eigenvalue weighted by Gasteiger charge is -2.26. The van der Waals surface area contributed by atoms with Gasteiger partial charge in [0.2, 0.25) is 0 Å². The number of carbonyl (C=O) groups is 2. The molecule has 1 aliphatic rings. The zero-order valence-corrected chi connectivity index (χ0v) is 20.9. The van der Waals surface area contributed by atoms with Crippen molar-refractivity contribution in [2.45, 2.75) is 19.5 Å². The van der Waals surface area contributed by atoms with Gasteiger partial charge in [0, 0.05) is 11.6 Å². The number of carbonyl (C=O) groups excluding carboxylic acids is 2. The smallest absolute Gasteiger partial charge is 0.295 e. The maximum atomic E-state index is 13.3. The third-order valence-electron chi connectivity index (χ3n) is 5.98. The lowest BCUT2D eigenvalue weighted by atomic mass is 9.94. The predicted molar refractivity (Wildman–Crippen MR) is 136 cm³/mol. The van der Waals surface area contributed by atoms with Crippen molar-refractivity contribution in [3.05, 3.63) is 94.0 Å². The molecule has 0 spiro atoms. The van der Waals surface area contributed by atoms with Crippen molar-refractivity contribution in [2.24, 2.45) is 0 Å². The Morgan fingerprint density at radius 1 is 0.944 bits per heavy atom. The minimum Gasteiger partial charge on any atom is -0.507 e. The third-order valence-corrected chi connectivity index (χ3v) is 6.21. The van der Waals surface area contributed by atoms with Gasteiger partial charge in [0.25, 0.3) is 11.7 Å². The van der Waals surface area contributed by atoms with Gasteiger partial charge in [-0.15, -0.1) is 0 Å². The molecule has 4 rings (SSSR count). The van der Waals surface area contributed by atoms with Crippen molar-refractivity contribution >= 4 is 29.1 Å². The molecule has 1 N–H and O–H groups in total. The highest BCUT2D eigenvalue weighted by Gasteiger charge is 2.46. The second-order valence-electron chi connectivity index (χ2n) is 8.12. The average molecular weight is 508 g/mol. The summed E-state index contributed by atoms with van der Waals surface area (Å²) in [5.41, 5.74) is 1.63. The zero-order chi connectivity index (χ0) is 25.8. The molecule has 0 aromatic heterocycles. The zero-order valence-electron chi connectivity index (χ0n) is 20.2. The van der Waals surface area contributed by atoms with Crippen LogP contribution >= 0.6 is 11.6 Å². The number of ketones is 1. The number of nitrogens with zero attached hydrogens (tertiary/aromatic N) is 1. The molecule has 1 atom stereocenters. The number of amides is 1. The molecular formula is C28H26ClNO6. The minimum atomic E-state index is -0.842. The molecule has 3 aromatic rings. The van der Waals surface area contributed by atoms with Gasteiger partial charge in [0.1, 0.15) is 23.0 Å². The molecule has 0 aliphatic carbocycles. The van der Waals surface area contributed by atoms with Crippen LogP contribution in [-0.2, 0) is 16.1 Å². The molecule has 0 radical (unpaired) electrons. The fourth-order valence-electron chi connectivity index (χ4n) is 4.24. The van der Waals surface area contributed by atoms with Crippen LogP contribution < -0.4 is 14.2 Å². The minimum absolute atomic E-state index is 0.0448. The summed E-state index contributed by atoms with van der Waals surface area (Å²) in [6.07, 6.45) is 0. The van der Waals surface area contributed by atoms with Crippen molar-refractivity contribution in [1.82, 2.24) is 4.90 Å². The molecule has 1 amide bonds. The van der Waals surface area contributed by atoms with Crippen LogP contribution in [0.3, 0.4) is 0 Å². The summed E-state index contributed by atoms with van der Waals surface area (Å²) < 4.78 is 16.1. The quantitative estimate of drug-likeness (QED) is 0.250. The second kappa shape index (κ2) is 10.7. The summed E-state index contributed by atoms with van der Waals surface area (Å²) in [6.45, 7) is 2.59. The number of hydrogen-bond donors (Lipinski definition) is 1. The van der Waals surface area contributed by atoms with Crippen LogP contribution in [0.25, 0.3) is 5.76 Å². The first kappa shape index (κ1) is 25.1. The van der Waals surface area contributed by atoms with Crippen molar-refractivity contribution in [2.75, 3.05) is 20.8 Å². The summed E-state index contributed by atoms with van der Waals surface area (Å²) >= 11 is 6.17. The molecule has 1 aliphatic heterocycles. The van der Waals surface area contributed by atoms with Crippen molar-refractivity contribution in [1.29, 1.82) is 0 Å². The summed E-state index contributed by atoms with van der Waals surface area (Å²) in [6, 6.07) is 18.2. The highest BCUT2D eigenvalue weighted by Crippen LogP contribution is 2.42. The van der Waals surface area contributed by atoms with E-state index in [1.165, 1.54) is 18.1 Å². The van der Waals surface area contributed by atoms with Gasteiger partial charge in [-0.25, -0.2) is 0 Å². The van der Waals surface area contributed by atoms with Gasteiger partial charge < -0.3 is 24.2 Å². The second-order valence-corrected chi connectivity index (χ2v) is 8.56. The van der Waals surface area contributed by atoms with Crippen LogP contribution in [0.15, 0.2) is 72.3 Å². The van der Waals surface area contributed by atoms with Gasteiger partial charge in [-0.2, -0.15) is 0 Å². The molecular weight excluding hydrogens is 482 g/mol. The van der Waals surface area contributed by atoms with E-state index < -0.39 is 17.7 Å². The SMILES string of the molecule is CCOc1ccc(CN2C(=O)C(=O)/C(=C(/O)c3cc(Cl)ccc3OC)C2c2ccc(OC)cc2)cc1. The Kier molecular flexibility index (Phi) is 7.50. The van der Waals surface area contributed by atoms with Gasteiger partial charge in [0.15, 0.2) is 0 Å². The highest BCUT2D eigenvalue weighted by atomic mass is 35.5. The maximum absolute atomic E-state index is 13.3. The van der Waals surface area contributed by atoms with Gasteiger partial charge in [0.05, 0.1) is 38.0 Å². The number of aliphatic hydroxyl groups excluding tert-OH is 1. The van der Waals surface area contributed by atoms with E-state index in [1.807, 2.05) is 31.2 Å². The van der Waals surface area contributed by atoms with E-state index in [4.69, 9.17) is 25.8 Å². The van der Waals surface area contributed by atoms with Crippen LogP contribution in [0.2, 0.25) is 5.02 Å². The topological polar surface area (TPSA) is 85.3 Å². The third kappa shape index (κ3) is 4.88. The first-order valence-corrected chi connectivity index (χ1v) is 11.7. The first-order valence-electron chi connectivity index (χ1n) is 11.4. The number of ether oxygens (including phenoxy) is 3. The largest absolute Gasteiger partial charge is 0.507 e. The van der Waals surface area contributed by atoms with E-state index >= 15 is 0 Å². The normalized spacial score (nSPS) is 16.8.